The molecule has 0 radical (unpaired) electrons. The van der Waals surface area contributed by atoms with Crippen LogP contribution in [-0.4, -0.2) is 19.2 Å². The van der Waals surface area contributed by atoms with E-state index >= 15 is 0 Å². The fourth-order valence-corrected chi connectivity index (χ4v) is 4.33. The van der Waals surface area contributed by atoms with Crippen molar-refractivity contribution in [2.45, 2.75) is 0 Å². The largest absolute Gasteiger partial charge is 0.299 e. The molecule has 0 aliphatic carbocycles. The molecule has 0 saturated carbocycles. The van der Waals surface area contributed by atoms with Gasteiger partial charge in [-0.1, -0.05) is 12.1 Å². The summed E-state index contributed by atoms with van der Waals surface area (Å²) in [5.41, 5.74) is 4.97. The molecule has 0 saturated heterocycles. The fourth-order valence-electron chi connectivity index (χ4n) is 2.79. The van der Waals surface area contributed by atoms with Crippen LogP contribution in [0.5, 0.6) is 0 Å². The number of thiophene rings is 2. The molecule has 1 N–H and O–H groups in total. The van der Waals surface area contributed by atoms with Crippen LogP contribution >= 0.6 is 22.7 Å². The number of nitrogens with one attached hydrogen (secondary N) is 1. The summed E-state index contributed by atoms with van der Waals surface area (Å²) in [5.74, 6) is -1.62. The topological polar surface area (TPSA) is 18.5 Å². The summed E-state index contributed by atoms with van der Waals surface area (Å²) >= 11 is 2.78. The van der Waals surface area contributed by atoms with Crippen molar-refractivity contribution in [3.8, 4) is 20.9 Å². The lowest BCUT2D eigenvalue weighted by molar-refractivity contribution is 0.413. The van der Waals surface area contributed by atoms with E-state index < -0.39 is 11.6 Å². The highest BCUT2D eigenvalue weighted by atomic mass is 32.1. The van der Waals surface area contributed by atoms with E-state index in [2.05, 4.69) is 5.43 Å². The molecule has 118 valence electrons. The van der Waals surface area contributed by atoms with E-state index in [4.69, 9.17) is 0 Å². The van der Waals surface area contributed by atoms with E-state index in [0.29, 0.717) is 26.7 Å². The minimum Gasteiger partial charge on any atom is -0.299 e. The van der Waals surface area contributed by atoms with Crippen LogP contribution in [0.1, 0.15) is 0 Å². The summed E-state index contributed by atoms with van der Waals surface area (Å²) in [6.07, 6.45) is 0. The van der Waals surface area contributed by atoms with Crippen molar-refractivity contribution < 1.29 is 8.78 Å². The minimum atomic E-state index is -0.814. The lowest BCUT2D eigenvalue weighted by Gasteiger charge is -2.22. The van der Waals surface area contributed by atoms with Crippen LogP contribution in [0, 0.1) is 11.6 Å². The SMILES string of the molecule is CN1Nc2c(-c3cccs3)c(F)c(F)c(-c3cccs3)c2N1C. The first kappa shape index (κ1) is 14.6. The predicted octanol–water partition coefficient (Wildman–Crippen LogP) is 5.05. The summed E-state index contributed by atoms with van der Waals surface area (Å²) in [5, 5.41) is 7.23. The molecular weight excluding hydrogens is 336 g/mol. The first-order valence-electron chi connectivity index (χ1n) is 6.96. The maximum Gasteiger partial charge on any atom is 0.170 e. The van der Waals surface area contributed by atoms with Crippen molar-refractivity contribution >= 4 is 34.0 Å². The van der Waals surface area contributed by atoms with Gasteiger partial charge in [-0.25, -0.2) is 8.78 Å². The van der Waals surface area contributed by atoms with Crippen LogP contribution in [0.15, 0.2) is 35.0 Å². The maximum atomic E-state index is 14.9. The van der Waals surface area contributed by atoms with E-state index in [1.54, 1.807) is 22.3 Å². The molecule has 1 aliphatic rings. The van der Waals surface area contributed by atoms with Crippen LogP contribution in [0.4, 0.5) is 20.2 Å². The average molecular weight is 349 g/mol. The molecule has 3 heterocycles. The highest BCUT2D eigenvalue weighted by molar-refractivity contribution is 7.14. The number of halogens is 2. The van der Waals surface area contributed by atoms with Gasteiger partial charge in [-0.15, -0.1) is 27.8 Å². The second kappa shape index (κ2) is 5.30. The van der Waals surface area contributed by atoms with Gasteiger partial charge in [0.2, 0.25) is 0 Å². The summed E-state index contributed by atoms with van der Waals surface area (Å²) < 4.78 is 29.8. The van der Waals surface area contributed by atoms with E-state index in [9.17, 15) is 8.78 Å². The monoisotopic (exact) mass is 349 g/mol. The Labute approximate surface area is 140 Å². The van der Waals surface area contributed by atoms with Gasteiger partial charge in [-0.05, 0) is 22.9 Å². The molecule has 0 atom stereocenters. The van der Waals surface area contributed by atoms with E-state index in [-0.39, 0.29) is 5.56 Å². The van der Waals surface area contributed by atoms with Crippen molar-refractivity contribution in [2.75, 3.05) is 24.5 Å². The van der Waals surface area contributed by atoms with Crippen molar-refractivity contribution in [3.05, 3.63) is 46.7 Å². The first-order chi connectivity index (χ1) is 11.1. The van der Waals surface area contributed by atoms with E-state index in [1.165, 1.54) is 22.7 Å². The van der Waals surface area contributed by atoms with Crippen LogP contribution < -0.4 is 10.4 Å². The van der Waals surface area contributed by atoms with Crippen LogP contribution in [0.3, 0.4) is 0 Å². The molecule has 0 unspecified atom stereocenters. The van der Waals surface area contributed by atoms with Gasteiger partial charge >= 0.3 is 0 Å². The zero-order chi connectivity index (χ0) is 16.1. The van der Waals surface area contributed by atoms with Crippen molar-refractivity contribution in [1.82, 2.24) is 5.12 Å². The Bertz CT molecular complexity index is 860. The number of rotatable bonds is 2. The Hall–Kier alpha value is -1.96. The summed E-state index contributed by atoms with van der Waals surface area (Å²) in [6, 6.07) is 7.27. The van der Waals surface area contributed by atoms with E-state index in [0.717, 1.165) is 0 Å². The third kappa shape index (κ3) is 2.08. The Morgan fingerprint density at radius 3 is 2.04 bits per heavy atom. The fraction of sp³-hybridized carbons (Fsp3) is 0.125. The zero-order valence-electron chi connectivity index (χ0n) is 12.4. The molecule has 3 nitrogen and oxygen atoms in total. The summed E-state index contributed by atoms with van der Waals surface area (Å²) in [6.45, 7) is 0. The molecule has 2 aromatic heterocycles. The third-order valence-corrected chi connectivity index (χ3v) is 5.71. The number of hydrogen-bond donors (Lipinski definition) is 1. The number of hydrazine groups is 2. The maximum absolute atomic E-state index is 14.9. The molecular formula is C16H13F2N3S2. The molecule has 7 heteroatoms. The van der Waals surface area contributed by atoms with Crippen LogP contribution in [-0.2, 0) is 0 Å². The van der Waals surface area contributed by atoms with Gasteiger partial charge in [0.05, 0.1) is 22.5 Å². The van der Waals surface area contributed by atoms with Crippen molar-refractivity contribution in [2.24, 2.45) is 0 Å². The van der Waals surface area contributed by atoms with Crippen LogP contribution in [0.2, 0.25) is 0 Å². The highest BCUT2D eigenvalue weighted by Crippen LogP contribution is 2.51. The van der Waals surface area contributed by atoms with Gasteiger partial charge in [-0.3, -0.25) is 10.4 Å². The van der Waals surface area contributed by atoms with Crippen molar-refractivity contribution in [3.63, 3.8) is 0 Å². The molecule has 0 amide bonds. The van der Waals surface area contributed by atoms with Gasteiger partial charge in [-0.2, -0.15) is 0 Å². The molecule has 1 aliphatic heterocycles. The van der Waals surface area contributed by atoms with Gasteiger partial charge < -0.3 is 0 Å². The molecule has 0 spiro atoms. The quantitative estimate of drug-likeness (QED) is 0.699. The second-order valence-corrected chi connectivity index (χ2v) is 7.11. The molecule has 3 aromatic rings. The third-order valence-electron chi connectivity index (χ3n) is 3.94. The summed E-state index contributed by atoms with van der Waals surface area (Å²) in [4.78, 5) is 1.41. The van der Waals surface area contributed by atoms with Gasteiger partial charge in [0.1, 0.15) is 0 Å². The number of hydrogen-bond acceptors (Lipinski definition) is 5. The average Bonchev–Trinajstić information content (AvgIpc) is 3.26. The van der Waals surface area contributed by atoms with E-state index in [1.807, 2.05) is 37.0 Å². The smallest absolute Gasteiger partial charge is 0.170 e. The standard InChI is InChI=1S/C16H13F2N3S2/c1-20-16-12(10-6-4-8-23-10)14(18)13(17)11(9-5-3-7-22-9)15(16)19-21(20)2/h3-8,19H,1-2H3. The number of fused-ring (bicyclic) bond motifs is 1. The molecule has 1 aromatic carbocycles. The van der Waals surface area contributed by atoms with Gasteiger partial charge in [0.15, 0.2) is 11.6 Å². The Morgan fingerprint density at radius 2 is 1.48 bits per heavy atom. The predicted molar refractivity (Wildman–Crippen MR) is 92.8 cm³/mol. The van der Waals surface area contributed by atoms with Crippen molar-refractivity contribution in [1.29, 1.82) is 0 Å². The lowest BCUT2D eigenvalue weighted by Crippen LogP contribution is -2.34. The van der Waals surface area contributed by atoms with Gasteiger partial charge in [0, 0.05) is 23.8 Å². The molecule has 4 rings (SSSR count). The minimum absolute atomic E-state index is 0.281. The Balaban J connectivity index is 2.09. The lowest BCUT2D eigenvalue weighted by atomic mass is 10.0. The zero-order valence-corrected chi connectivity index (χ0v) is 14.1. The molecule has 23 heavy (non-hydrogen) atoms. The Morgan fingerprint density at radius 1 is 0.913 bits per heavy atom. The number of nitrogens with zero attached hydrogens (tertiary/aromatic N) is 2. The number of anilines is 2. The Kier molecular flexibility index (Phi) is 3.37. The first-order valence-corrected chi connectivity index (χ1v) is 8.72. The molecule has 0 bridgehead atoms. The number of benzene rings is 1. The van der Waals surface area contributed by atoms with Crippen LogP contribution in [0.25, 0.3) is 20.9 Å². The van der Waals surface area contributed by atoms with Gasteiger partial charge in [0.25, 0.3) is 0 Å². The molecule has 0 fully saturated rings. The normalized spacial score (nSPS) is 14.2. The second-order valence-electron chi connectivity index (χ2n) is 5.22. The highest BCUT2D eigenvalue weighted by Gasteiger charge is 2.34. The summed E-state index contributed by atoms with van der Waals surface area (Å²) in [7, 11) is 3.64.